The van der Waals surface area contributed by atoms with Crippen molar-refractivity contribution in [3.8, 4) is 11.5 Å². The molecule has 0 bridgehead atoms. The second-order valence-electron chi connectivity index (χ2n) is 3.91. The number of halogens is 1. The summed E-state index contributed by atoms with van der Waals surface area (Å²) >= 11 is 0. The second kappa shape index (κ2) is 4.14. The number of fused-ring (bicyclic) bond motifs is 1. The van der Waals surface area contributed by atoms with Gasteiger partial charge in [-0.25, -0.2) is 4.39 Å². The largest absolute Gasteiger partial charge is 0.454 e. The lowest BCUT2D eigenvalue weighted by Gasteiger charge is -2.02. The van der Waals surface area contributed by atoms with Gasteiger partial charge in [0.05, 0.1) is 0 Å². The molecule has 0 atom stereocenters. The number of hydrogen-bond donors (Lipinski definition) is 0. The van der Waals surface area contributed by atoms with Crippen LogP contribution in [0.25, 0.3) is 0 Å². The minimum absolute atomic E-state index is 0.160. The summed E-state index contributed by atoms with van der Waals surface area (Å²) < 4.78 is 23.4. The van der Waals surface area contributed by atoms with Crippen molar-refractivity contribution in [2.45, 2.75) is 0 Å². The van der Waals surface area contributed by atoms with Crippen molar-refractivity contribution in [2.24, 2.45) is 0 Å². The SMILES string of the molecule is O=C(c1cccc(F)c1)c1ccc2c(c1)OCO2. The fourth-order valence-electron chi connectivity index (χ4n) is 1.83. The van der Waals surface area contributed by atoms with Crippen LogP contribution in [0, 0.1) is 5.82 Å². The van der Waals surface area contributed by atoms with Crippen molar-refractivity contribution in [1.82, 2.24) is 0 Å². The zero-order chi connectivity index (χ0) is 12.5. The number of carbonyl (C=O) groups excluding carboxylic acids is 1. The van der Waals surface area contributed by atoms with Crippen LogP contribution < -0.4 is 9.47 Å². The predicted octanol–water partition coefficient (Wildman–Crippen LogP) is 2.79. The maximum Gasteiger partial charge on any atom is 0.231 e. The van der Waals surface area contributed by atoms with Crippen LogP contribution in [0.4, 0.5) is 4.39 Å². The van der Waals surface area contributed by atoms with Crippen LogP contribution in [0.5, 0.6) is 11.5 Å². The van der Waals surface area contributed by atoms with Crippen LogP contribution in [0.2, 0.25) is 0 Å². The van der Waals surface area contributed by atoms with Crippen LogP contribution in [0.3, 0.4) is 0 Å². The van der Waals surface area contributed by atoms with Crippen LogP contribution in [0.15, 0.2) is 42.5 Å². The van der Waals surface area contributed by atoms with E-state index in [-0.39, 0.29) is 12.6 Å². The van der Waals surface area contributed by atoms with Gasteiger partial charge in [-0.05, 0) is 30.3 Å². The number of ketones is 1. The fourth-order valence-corrected chi connectivity index (χ4v) is 1.83. The van der Waals surface area contributed by atoms with E-state index in [0.29, 0.717) is 22.6 Å². The highest BCUT2D eigenvalue weighted by atomic mass is 19.1. The lowest BCUT2D eigenvalue weighted by Crippen LogP contribution is -2.01. The Hall–Kier alpha value is -2.36. The quantitative estimate of drug-likeness (QED) is 0.762. The van der Waals surface area contributed by atoms with E-state index in [4.69, 9.17) is 9.47 Å². The molecule has 0 saturated carbocycles. The molecule has 1 aliphatic heterocycles. The van der Waals surface area contributed by atoms with Gasteiger partial charge in [0.2, 0.25) is 6.79 Å². The van der Waals surface area contributed by atoms with Gasteiger partial charge >= 0.3 is 0 Å². The maximum absolute atomic E-state index is 13.1. The van der Waals surface area contributed by atoms with Gasteiger partial charge in [0.15, 0.2) is 17.3 Å². The normalized spacial score (nSPS) is 12.5. The van der Waals surface area contributed by atoms with Gasteiger partial charge in [-0.15, -0.1) is 0 Å². The Morgan fingerprint density at radius 3 is 2.61 bits per heavy atom. The Labute approximate surface area is 103 Å². The molecule has 90 valence electrons. The summed E-state index contributed by atoms with van der Waals surface area (Å²) in [5.74, 6) is 0.484. The second-order valence-corrected chi connectivity index (χ2v) is 3.91. The lowest BCUT2D eigenvalue weighted by molar-refractivity contribution is 0.103. The van der Waals surface area contributed by atoms with E-state index in [1.54, 1.807) is 24.3 Å². The Morgan fingerprint density at radius 2 is 1.78 bits per heavy atom. The summed E-state index contributed by atoms with van der Waals surface area (Å²) in [5.41, 5.74) is 0.763. The Kier molecular flexibility index (Phi) is 2.48. The first-order valence-electron chi connectivity index (χ1n) is 5.44. The predicted molar refractivity (Wildman–Crippen MR) is 62.4 cm³/mol. The van der Waals surface area contributed by atoms with Gasteiger partial charge in [-0.1, -0.05) is 12.1 Å². The Balaban J connectivity index is 1.98. The third-order valence-electron chi connectivity index (χ3n) is 2.72. The topological polar surface area (TPSA) is 35.5 Å². The summed E-state index contributed by atoms with van der Waals surface area (Å²) in [7, 11) is 0. The van der Waals surface area contributed by atoms with Crippen LogP contribution >= 0.6 is 0 Å². The van der Waals surface area contributed by atoms with E-state index in [2.05, 4.69) is 0 Å². The molecule has 0 unspecified atom stereocenters. The third kappa shape index (κ3) is 1.82. The van der Waals surface area contributed by atoms with Crippen molar-refractivity contribution in [1.29, 1.82) is 0 Å². The van der Waals surface area contributed by atoms with Gasteiger partial charge < -0.3 is 9.47 Å². The van der Waals surface area contributed by atoms with E-state index >= 15 is 0 Å². The highest BCUT2D eigenvalue weighted by Gasteiger charge is 2.17. The number of ether oxygens (including phenoxy) is 2. The van der Waals surface area contributed by atoms with E-state index in [0.717, 1.165) is 0 Å². The summed E-state index contributed by atoms with van der Waals surface area (Å²) in [4.78, 5) is 12.1. The highest BCUT2D eigenvalue weighted by Crippen LogP contribution is 2.33. The van der Waals surface area contributed by atoms with Crippen molar-refractivity contribution in [2.75, 3.05) is 6.79 Å². The molecular weight excluding hydrogens is 235 g/mol. The van der Waals surface area contributed by atoms with E-state index in [1.165, 1.54) is 18.2 Å². The summed E-state index contributed by atoms with van der Waals surface area (Å²) in [6.45, 7) is 0.160. The molecule has 1 heterocycles. The first-order valence-corrected chi connectivity index (χ1v) is 5.44. The molecule has 3 nitrogen and oxygen atoms in total. The first-order chi connectivity index (χ1) is 8.74. The number of benzene rings is 2. The molecule has 2 aromatic rings. The van der Waals surface area contributed by atoms with Gasteiger partial charge in [-0.2, -0.15) is 0 Å². The van der Waals surface area contributed by atoms with Crippen molar-refractivity contribution >= 4 is 5.78 Å². The molecule has 0 aliphatic carbocycles. The standard InChI is InChI=1S/C14H9FO3/c15-11-3-1-2-9(6-11)14(16)10-4-5-12-13(7-10)18-8-17-12/h1-7H,8H2. The molecule has 18 heavy (non-hydrogen) atoms. The summed E-state index contributed by atoms with van der Waals surface area (Å²) in [6.07, 6.45) is 0. The molecule has 4 heteroatoms. The van der Waals surface area contributed by atoms with Crippen molar-refractivity contribution in [3.05, 3.63) is 59.4 Å². The zero-order valence-electron chi connectivity index (χ0n) is 9.35. The number of hydrogen-bond acceptors (Lipinski definition) is 3. The monoisotopic (exact) mass is 244 g/mol. The minimum Gasteiger partial charge on any atom is -0.454 e. The molecule has 3 rings (SSSR count). The average molecular weight is 244 g/mol. The smallest absolute Gasteiger partial charge is 0.231 e. The Bertz CT molecular complexity index is 622. The van der Waals surface area contributed by atoms with Crippen molar-refractivity contribution in [3.63, 3.8) is 0 Å². The molecule has 0 fully saturated rings. The molecule has 0 N–H and O–H groups in total. The van der Waals surface area contributed by atoms with Crippen LogP contribution in [-0.4, -0.2) is 12.6 Å². The first kappa shape index (κ1) is 10.8. The zero-order valence-corrected chi connectivity index (χ0v) is 9.35. The molecule has 0 aromatic heterocycles. The average Bonchev–Trinajstić information content (AvgIpc) is 2.85. The third-order valence-corrected chi connectivity index (χ3v) is 2.72. The van der Waals surface area contributed by atoms with E-state index in [1.807, 2.05) is 0 Å². The molecule has 0 radical (unpaired) electrons. The molecular formula is C14H9FO3. The van der Waals surface area contributed by atoms with Gasteiger partial charge in [0.1, 0.15) is 5.82 Å². The van der Waals surface area contributed by atoms with Gasteiger partial charge in [0, 0.05) is 11.1 Å². The molecule has 1 aliphatic rings. The summed E-state index contributed by atoms with van der Waals surface area (Å²) in [5, 5.41) is 0. The van der Waals surface area contributed by atoms with Crippen LogP contribution in [0.1, 0.15) is 15.9 Å². The van der Waals surface area contributed by atoms with Crippen molar-refractivity contribution < 1.29 is 18.7 Å². The Morgan fingerprint density at radius 1 is 1.00 bits per heavy atom. The fraction of sp³-hybridized carbons (Fsp3) is 0.0714. The maximum atomic E-state index is 13.1. The lowest BCUT2D eigenvalue weighted by atomic mass is 10.0. The summed E-state index contributed by atoms with van der Waals surface area (Å²) in [6, 6.07) is 10.5. The van der Waals surface area contributed by atoms with Gasteiger partial charge in [-0.3, -0.25) is 4.79 Å². The molecule has 0 saturated heterocycles. The molecule has 0 spiro atoms. The molecule has 2 aromatic carbocycles. The number of rotatable bonds is 2. The van der Waals surface area contributed by atoms with Crippen LogP contribution in [-0.2, 0) is 0 Å². The minimum atomic E-state index is -0.429. The van der Waals surface area contributed by atoms with E-state index in [9.17, 15) is 9.18 Å². The number of carbonyl (C=O) groups is 1. The van der Waals surface area contributed by atoms with E-state index < -0.39 is 5.82 Å². The molecule has 0 amide bonds. The highest BCUT2D eigenvalue weighted by molar-refractivity contribution is 6.09. The van der Waals surface area contributed by atoms with Gasteiger partial charge in [0.25, 0.3) is 0 Å².